The second-order valence-corrected chi connectivity index (χ2v) is 8.71. The number of ether oxygens (including phenoxy) is 1. The van der Waals surface area contributed by atoms with Crippen molar-refractivity contribution in [2.24, 2.45) is 0 Å². The van der Waals surface area contributed by atoms with Crippen molar-refractivity contribution in [1.29, 1.82) is 0 Å². The molecule has 0 unspecified atom stereocenters. The van der Waals surface area contributed by atoms with E-state index in [1.165, 1.54) is 18.0 Å². The zero-order valence-electron chi connectivity index (χ0n) is 18.1. The van der Waals surface area contributed by atoms with Gasteiger partial charge in [0.05, 0.1) is 47.8 Å². The number of carbonyl (C=O) groups is 2. The second-order valence-electron chi connectivity index (χ2n) is 7.92. The van der Waals surface area contributed by atoms with Crippen LogP contribution in [0.3, 0.4) is 0 Å². The highest BCUT2D eigenvalue weighted by molar-refractivity contribution is 9.10. The molecule has 3 aromatic rings. The van der Waals surface area contributed by atoms with Crippen molar-refractivity contribution in [2.45, 2.75) is 44.4 Å². The number of nitrogens with zero attached hydrogens (tertiary/aromatic N) is 4. The van der Waals surface area contributed by atoms with Crippen LogP contribution in [0.2, 0.25) is 0 Å². The van der Waals surface area contributed by atoms with Crippen molar-refractivity contribution in [1.82, 2.24) is 19.6 Å². The average Bonchev–Trinajstić information content (AvgIpc) is 3.43. The third kappa shape index (κ3) is 5.32. The molecule has 0 spiro atoms. The van der Waals surface area contributed by atoms with E-state index in [1.54, 1.807) is 35.1 Å². The fourth-order valence-electron chi connectivity index (χ4n) is 3.64. The molecule has 1 amide bonds. The lowest BCUT2D eigenvalue weighted by Crippen LogP contribution is -2.16. The minimum Gasteiger partial charge on any atom is -0.465 e. The Hall–Kier alpha value is -3.15. The number of carbonyl (C=O) groups excluding carboxylic acids is 2. The molecule has 1 N–H and O–H groups in total. The Morgan fingerprint density at radius 2 is 2.00 bits per heavy atom. The van der Waals surface area contributed by atoms with Gasteiger partial charge in [0, 0.05) is 18.5 Å². The number of hydrogen-bond donors (Lipinski definition) is 1. The zero-order chi connectivity index (χ0) is 24.5. The monoisotopic (exact) mass is 539 g/mol. The predicted molar refractivity (Wildman–Crippen MR) is 119 cm³/mol. The van der Waals surface area contributed by atoms with Crippen molar-refractivity contribution < 1.29 is 27.5 Å². The molecule has 34 heavy (non-hydrogen) atoms. The summed E-state index contributed by atoms with van der Waals surface area (Å²) in [5.41, 5.74) is 1.06. The van der Waals surface area contributed by atoms with Crippen LogP contribution in [-0.4, -0.2) is 38.5 Å². The lowest BCUT2D eigenvalue weighted by atomic mass is 10.1. The Labute approximate surface area is 201 Å². The highest BCUT2D eigenvalue weighted by Gasteiger charge is 2.41. The fourth-order valence-corrected chi connectivity index (χ4v) is 4.47. The smallest absolute Gasteiger partial charge is 0.436 e. The Kier molecular flexibility index (Phi) is 6.78. The Morgan fingerprint density at radius 1 is 1.26 bits per heavy atom. The van der Waals surface area contributed by atoms with Gasteiger partial charge in [0.1, 0.15) is 0 Å². The van der Waals surface area contributed by atoms with E-state index in [2.05, 4.69) is 31.4 Å². The molecule has 0 bridgehead atoms. The molecule has 1 fully saturated rings. The maximum absolute atomic E-state index is 13.2. The van der Waals surface area contributed by atoms with E-state index in [1.807, 2.05) is 0 Å². The Balaban J connectivity index is 1.39. The molecule has 8 nitrogen and oxygen atoms in total. The molecule has 0 saturated heterocycles. The molecule has 12 heteroatoms. The highest BCUT2D eigenvalue weighted by Crippen LogP contribution is 2.47. The minimum atomic E-state index is -4.57. The quantitative estimate of drug-likeness (QED) is 0.422. The normalized spacial score (nSPS) is 13.7. The molecule has 180 valence electrons. The molecule has 2 aromatic heterocycles. The van der Waals surface area contributed by atoms with E-state index in [9.17, 15) is 22.8 Å². The van der Waals surface area contributed by atoms with Gasteiger partial charge in [-0.25, -0.2) is 4.79 Å². The lowest BCUT2D eigenvalue weighted by molar-refractivity contribution is -0.142. The summed E-state index contributed by atoms with van der Waals surface area (Å²) in [4.78, 5) is 24.4. The van der Waals surface area contributed by atoms with Gasteiger partial charge in [-0.15, -0.1) is 0 Å². The van der Waals surface area contributed by atoms with Crippen LogP contribution in [-0.2, 0) is 28.8 Å². The number of amides is 1. The zero-order valence-corrected chi connectivity index (χ0v) is 19.7. The van der Waals surface area contributed by atoms with E-state index in [0.29, 0.717) is 22.5 Å². The molecule has 0 aliphatic heterocycles. The van der Waals surface area contributed by atoms with Crippen LogP contribution >= 0.6 is 15.9 Å². The molecule has 1 saturated carbocycles. The average molecular weight is 540 g/mol. The van der Waals surface area contributed by atoms with Crippen molar-refractivity contribution in [3.63, 3.8) is 0 Å². The van der Waals surface area contributed by atoms with Gasteiger partial charge in [0.25, 0.3) is 0 Å². The van der Waals surface area contributed by atoms with Crippen molar-refractivity contribution >= 4 is 33.5 Å². The summed E-state index contributed by atoms with van der Waals surface area (Å²) in [6.07, 6.45) is 0.0328. The van der Waals surface area contributed by atoms with Crippen molar-refractivity contribution in [2.75, 3.05) is 12.4 Å². The van der Waals surface area contributed by atoms with Gasteiger partial charge in [-0.2, -0.15) is 23.4 Å². The molecule has 1 aliphatic rings. The standard InChI is InChI=1S/C22H21BrF3N5O3/c1-34-21(33)16-5-3-2-4-14(16)11-30-12-15(10-27-30)28-17(32)8-9-31-19(13-6-7-13)18(23)20(29-31)22(24,25)26/h2-5,10,12-13H,6-9,11H2,1H3,(H,28,32). The van der Waals surface area contributed by atoms with Crippen LogP contribution in [0.5, 0.6) is 0 Å². The highest BCUT2D eigenvalue weighted by atomic mass is 79.9. The SMILES string of the molecule is COC(=O)c1ccccc1Cn1cc(NC(=O)CCn2nc(C(F)(F)F)c(Br)c2C2CC2)cn1. The van der Waals surface area contributed by atoms with E-state index in [0.717, 1.165) is 12.8 Å². The summed E-state index contributed by atoms with van der Waals surface area (Å²) in [6.45, 7) is 0.306. The number of methoxy groups -OCH3 is 1. The first kappa shape index (κ1) is 24.0. The number of rotatable bonds is 8. The number of aryl methyl sites for hydroxylation is 1. The van der Waals surface area contributed by atoms with Crippen LogP contribution in [0.25, 0.3) is 0 Å². The third-order valence-electron chi connectivity index (χ3n) is 5.39. The summed E-state index contributed by atoms with van der Waals surface area (Å²) in [5, 5.41) is 10.6. The van der Waals surface area contributed by atoms with Crippen LogP contribution in [0, 0.1) is 0 Å². The Morgan fingerprint density at radius 3 is 2.68 bits per heavy atom. The molecule has 4 rings (SSSR count). The van der Waals surface area contributed by atoms with Crippen molar-refractivity contribution in [3.8, 4) is 0 Å². The number of benzene rings is 1. The predicted octanol–water partition coefficient (Wildman–Crippen LogP) is 4.60. The van der Waals surface area contributed by atoms with Gasteiger partial charge >= 0.3 is 12.1 Å². The Bertz CT molecular complexity index is 1220. The van der Waals surface area contributed by atoms with Gasteiger partial charge in [0.2, 0.25) is 5.91 Å². The third-order valence-corrected chi connectivity index (χ3v) is 6.17. The van der Waals surface area contributed by atoms with Gasteiger partial charge in [-0.1, -0.05) is 18.2 Å². The largest absolute Gasteiger partial charge is 0.465 e. The number of aromatic nitrogens is 4. The van der Waals surface area contributed by atoms with Crippen LogP contribution in [0.4, 0.5) is 18.9 Å². The molecular weight excluding hydrogens is 519 g/mol. The number of halogens is 4. The van der Waals surface area contributed by atoms with Gasteiger partial charge in [-0.05, 0) is 40.4 Å². The summed E-state index contributed by atoms with van der Waals surface area (Å²) >= 11 is 3.04. The summed E-state index contributed by atoms with van der Waals surface area (Å²) < 4.78 is 47.3. The van der Waals surface area contributed by atoms with Gasteiger partial charge in [-0.3, -0.25) is 14.2 Å². The van der Waals surface area contributed by atoms with Gasteiger partial charge < -0.3 is 10.1 Å². The van der Waals surface area contributed by atoms with E-state index in [4.69, 9.17) is 4.74 Å². The van der Waals surface area contributed by atoms with Crippen LogP contribution in [0.15, 0.2) is 41.1 Å². The molecule has 2 heterocycles. The second kappa shape index (κ2) is 9.61. The van der Waals surface area contributed by atoms with Crippen molar-refractivity contribution in [3.05, 3.63) is 63.6 Å². The molecule has 0 radical (unpaired) electrons. The molecular formula is C22H21BrF3N5O3. The van der Waals surface area contributed by atoms with E-state index >= 15 is 0 Å². The lowest BCUT2D eigenvalue weighted by Gasteiger charge is -2.08. The van der Waals surface area contributed by atoms with Crippen LogP contribution in [0.1, 0.15) is 52.5 Å². The number of alkyl halides is 3. The first-order chi connectivity index (χ1) is 16.2. The maximum Gasteiger partial charge on any atom is 0.436 e. The number of esters is 1. The van der Waals surface area contributed by atoms with E-state index < -0.39 is 17.8 Å². The van der Waals surface area contributed by atoms with Crippen LogP contribution < -0.4 is 5.32 Å². The number of anilines is 1. The maximum atomic E-state index is 13.2. The minimum absolute atomic E-state index is 0.0205. The van der Waals surface area contributed by atoms with E-state index in [-0.39, 0.29) is 35.8 Å². The number of hydrogen-bond acceptors (Lipinski definition) is 5. The first-order valence-electron chi connectivity index (χ1n) is 10.5. The molecule has 1 aliphatic carbocycles. The summed E-state index contributed by atoms with van der Waals surface area (Å²) in [6, 6.07) is 6.96. The first-order valence-corrected chi connectivity index (χ1v) is 11.3. The fraction of sp³-hybridized carbons (Fsp3) is 0.364. The van der Waals surface area contributed by atoms with Gasteiger partial charge in [0.15, 0.2) is 5.69 Å². The molecule has 0 atom stereocenters. The summed E-state index contributed by atoms with van der Waals surface area (Å²) in [5.74, 6) is -0.815. The summed E-state index contributed by atoms with van der Waals surface area (Å²) in [7, 11) is 1.31. The molecule has 1 aromatic carbocycles. The number of nitrogens with one attached hydrogen (secondary N) is 1. The topological polar surface area (TPSA) is 91.0 Å².